The first-order valence-electron chi connectivity index (χ1n) is 4.83. The molecule has 0 spiro atoms. The minimum atomic E-state index is -0.0454. The Balaban J connectivity index is 2.81. The Morgan fingerprint density at radius 1 is 1.67 bits per heavy atom. The normalized spacial score (nSPS) is 12.3. The van der Waals surface area contributed by atoms with E-state index in [9.17, 15) is 4.79 Å². The second-order valence-electron chi connectivity index (χ2n) is 3.60. The maximum atomic E-state index is 11.9. The SMILES string of the molecule is Cc1ncccc1C(=O)N(C)CC(C)Cl. The number of nitrogens with zero attached hydrogens (tertiary/aromatic N) is 2. The number of aryl methyl sites for hydroxylation is 1. The fourth-order valence-electron chi connectivity index (χ4n) is 1.38. The van der Waals surface area contributed by atoms with Gasteiger partial charge in [-0.1, -0.05) is 0 Å². The van der Waals surface area contributed by atoms with Crippen molar-refractivity contribution in [3.05, 3.63) is 29.6 Å². The molecule has 0 aliphatic carbocycles. The van der Waals surface area contributed by atoms with Gasteiger partial charge in [0.1, 0.15) is 0 Å². The summed E-state index contributed by atoms with van der Waals surface area (Å²) in [7, 11) is 1.74. The molecule has 1 aromatic heterocycles. The summed E-state index contributed by atoms with van der Waals surface area (Å²) in [4.78, 5) is 17.6. The molecule has 0 aliphatic rings. The Hall–Kier alpha value is -1.09. The molecule has 3 nitrogen and oxygen atoms in total. The maximum Gasteiger partial charge on any atom is 0.255 e. The lowest BCUT2D eigenvalue weighted by Gasteiger charge is -2.19. The zero-order chi connectivity index (χ0) is 11.4. The van der Waals surface area contributed by atoms with E-state index >= 15 is 0 Å². The quantitative estimate of drug-likeness (QED) is 0.740. The van der Waals surface area contributed by atoms with Crippen molar-refractivity contribution in [2.75, 3.05) is 13.6 Å². The lowest BCUT2D eigenvalue weighted by Crippen LogP contribution is -2.31. The van der Waals surface area contributed by atoms with Crippen LogP contribution >= 0.6 is 11.6 Å². The zero-order valence-electron chi connectivity index (χ0n) is 9.20. The molecule has 1 atom stereocenters. The van der Waals surface area contributed by atoms with Crippen LogP contribution in [0.15, 0.2) is 18.3 Å². The smallest absolute Gasteiger partial charge is 0.255 e. The van der Waals surface area contributed by atoms with Crippen LogP contribution in [0, 0.1) is 6.92 Å². The van der Waals surface area contributed by atoms with E-state index < -0.39 is 0 Å². The van der Waals surface area contributed by atoms with Gasteiger partial charge in [-0.05, 0) is 26.0 Å². The lowest BCUT2D eigenvalue weighted by molar-refractivity contribution is 0.0795. The van der Waals surface area contributed by atoms with Crippen LogP contribution in [0.2, 0.25) is 0 Å². The monoisotopic (exact) mass is 226 g/mol. The number of hydrogen-bond acceptors (Lipinski definition) is 2. The molecule has 0 radical (unpaired) electrons. The molecule has 1 heterocycles. The topological polar surface area (TPSA) is 33.2 Å². The third kappa shape index (κ3) is 3.20. The first-order chi connectivity index (χ1) is 7.02. The zero-order valence-corrected chi connectivity index (χ0v) is 9.95. The molecule has 1 rings (SSSR count). The molecule has 1 aromatic rings. The Labute approximate surface area is 95.1 Å². The molecule has 0 N–H and O–H groups in total. The summed E-state index contributed by atoms with van der Waals surface area (Å²) in [6, 6.07) is 3.54. The number of halogens is 1. The summed E-state index contributed by atoms with van der Waals surface area (Å²) in [5, 5.41) is -0.0454. The predicted molar refractivity (Wildman–Crippen MR) is 61.2 cm³/mol. The Morgan fingerprint density at radius 2 is 2.33 bits per heavy atom. The van der Waals surface area contributed by atoms with Gasteiger partial charge in [0.15, 0.2) is 0 Å². The van der Waals surface area contributed by atoms with Gasteiger partial charge in [0, 0.05) is 30.9 Å². The second-order valence-corrected chi connectivity index (χ2v) is 4.35. The van der Waals surface area contributed by atoms with Crippen molar-refractivity contribution in [1.82, 2.24) is 9.88 Å². The number of carbonyl (C=O) groups excluding carboxylic acids is 1. The van der Waals surface area contributed by atoms with Crippen LogP contribution in [0.5, 0.6) is 0 Å². The Kier molecular flexibility index (Phi) is 4.09. The first-order valence-corrected chi connectivity index (χ1v) is 5.27. The molecular formula is C11H15ClN2O. The van der Waals surface area contributed by atoms with Gasteiger partial charge in [0.25, 0.3) is 5.91 Å². The number of carbonyl (C=O) groups is 1. The van der Waals surface area contributed by atoms with E-state index in [1.807, 2.05) is 13.8 Å². The summed E-state index contributed by atoms with van der Waals surface area (Å²) < 4.78 is 0. The minimum absolute atomic E-state index is 0.0342. The highest BCUT2D eigenvalue weighted by Gasteiger charge is 2.15. The van der Waals surface area contributed by atoms with E-state index in [0.717, 1.165) is 5.69 Å². The predicted octanol–water partition coefficient (Wildman–Crippen LogP) is 2.09. The highest BCUT2D eigenvalue weighted by Crippen LogP contribution is 2.08. The average Bonchev–Trinajstić information content (AvgIpc) is 2.16. The van der Waals surface area contributed by atoms with Crippen LogP contribution in [0.25, 0.3) is 0 Å². The van der Waals surface area contributed by atoms with Crippen molar-refractivity contribution in [3.8, 4) is 0 Å². The first kappa shape index (κ1) is 12.0. The van der Waals surface area contributed by atoms with Crippen molar-refractivity contribution in [1.29, 1.82) is 0 Å². The van der Waals surface area contributed by atoms with E-state index in [1.54, 1.807) is 30.3 Å². The third-order valence-corrected chi connectivity index (χ3v) is 2.25. The number of hydrogen-bond donors (Lipinski definition) is 0. The van der Waals surface area contributed by atoms with Crippen LogP contribution in [0.1, 0.15) is 23.0 Å². The summed E-state index contributed by atoms with van der Waals surface area (Å²) in [6.45, 7) is 4.22. The standard InChI is InChI=1S/C11H15ClN2O/c1-8(12)7-14(3)11(15)10-5-4-6-13-9(10)2/h4-6,8H,7H2,1-3H3. The molecular weight excluding hydrogens is 212 g/mol. The van der Waals surface area contributed by atoms with Gasteiger partial charge in [0.2, 0.25) is 0 Å². The Morgan fingerprint density at radius 3 is 2.87 bits per heavy atom. The fourth-order valence-corrected chi connectivity index (χ4v) is 1.58. The summed E-state index contributed by atoms with van der Waals surface area (Å²) in [5.74, 6) is -0.0342. The maximum absolute atomic E-state index is 11.9. The van der Waals surface area contributed by atoms with Gasteiger partial charge < -0.3 is 4.90 Å². The summed E-state index contributed by atoms with van der Waals surface area (Å²) >= 11 is 5.83. The van der Waals surface area contributed by atoms with E-state index in [4.69, 9.17) is 11.6 Å². The van der Waals surface area contributed by atoms with E-state index in [1.165, 1.54) is 0 Å². The van der Waals surface area contributed by atoms with Gasteiger partial charge in [-0.3, -0.25) is 9.78 Å². The van der Waals surface area contributed by atoms with Crippen LogP contribution in [0.4, 0.5) is 0 Å². The molecule has 0 saturated carbocycles. The number of amides is 1. The molecule has 82 valence electrons. The second kappa shape index (κ2) is 5.12. The number of pyridine rings is 1. The number of rotatable bonds is 3. The molecule has 0 fully saturated rings. The van der Waals surface area contributed by atoms with Crippen molar-refractivity contribution in [2.45, 2.75) is 19.2 Å². The minimum Gasteiger partial charge on any atom is -0.340 e. The molecule has 0 saturated heterocycles. The van der Waals surface area contributed by atoms with Crippen LogP contribution in [0.3, 0.4) is 0 Å². The van der Waals surface area contributed by atoms with Crippen molar-refractivity contribution < 1.29 is 4.79 Å². The molecule has 0 aromatic carbocycles. The fraction of sp³-hybridized carbons (Fsp3) is 0.455. The summed E-state index contributed by atoms with van der Waals surface area (Å²) in [6.07, 6.45) is 1.68. The lowest BCUT2D eigenvalue weighted by atomic mass is 10.2. The molecule has 4 heteroatoms. The van der Waals surface area contributed by atoms with Crippen molar-refractivity contribution in [3.63, 3.8) is 0 Å². The number of aromatic nitrogens is 1. The van der Waals surface area contributed by atoms with Crippen LogP contribution in [-0.4, -0.2) is 34.8 Å². The van der Waals surface area contributed by atoms with Gasteiger partial charge in [-0.2, -0.15) is 0 Å². The highest BCUT2D eigenvalue weighted by molar-refractivity contribution is 6.20. The van der Waals surface area contributed by atoms with Crippen LogP contribution < -0.4 is 0 Å². The molecule has 1 unspecified atom stereocenters. The average molecular weight is 227 g/mol. The van der Waals surface area contributed by atoms with E-state index in [2.05, 4.69) is 4.98 Å². The van der Waals surface area contributed by atoms with Gasteiger partial charge in [0.05, 0.1) is 5.56 Å². The van der Waals surface area contributed by atoms with Crippen LogP contribution in [-0.2, 0) is 0 Å². The van der Waals surface area contributed by atoms with E-state index in [0.29, 0.717) is 12.1 Å². The molecule has 1 amide bonds. The Bertz CT molecular complexity index is 352. The number of alkyl halides is 1. The molecule has 15 heavy (non-hydrogen) atoms. The molecule has 0 aliphatic heterocycles. The van der Waals surface area contributed by atoms with E-state index in [-0.39, 0.29) is 11.3 Å². The van der Waals surface area contributed by atoms with Gasteiger partial charge in [-0.15, -0.1) is 11.6 Å². The highest BCUT2D eigenvalue weighted by atomic mass is 35.5. The molecule has 0 bridgehead atoms. The van der Waals surface area contributed by atoms with Gasteiger partial charge >= 0.3 is 0 Å². The van der Waals surface area contributed by atoms with Crippen molar-refractivity contribution in [2.24, 2.45) is 0 Å². The van der Waals surface area contributed by atoms with Crippen molar-refractivity contribution >= 4 is 17.5 Å². The largest absolute Gasteiger partial charge is 0.340 e. The van der Waals surface area contributed by atoms with Gasteiger partial charge in [-0.25, -0.2) is 0 Å². The summed E-state index contributed by atoms with van der Waals surface area (Å²) in [5.41, 5.74) is 1.38. The third-order valence-electron chi connectivity index (χ3n) is 2.11.